The number of nitrogens with one attached hydrogen (secondary N) is 2. The summed E-state index contributed by atoms with van der Waals surface area (Å²) in [6.45, 7) is 6.25. The third-order valence-electron chi connectivity index (χ3n) is 5.71. The molecule has 0 bridgehead atoms. The Kier molecular flexibility index (Phi) is 10.4. The highest BCUT2D eigenvalue weighted by molar-refractivity contribution is 7.15. The quantitative estimate of drug-likeness (QED) is 0.392. The van der Waals surface area contributed by atoms with Crippen LogP contribution in [0.2, 0.25) is 0 Å². The minimum absolute atomic E-state index is 0.179. The van der Waals surface area contributed by atoms with Crippen LogP contribution in [0.3, 0.4) is 0 Å². The maximum absolute atomic E-state index is 13.0. The SMILES string of the molecule is Cc1sc(NC(=O)c2ccccc2NC(=O)CCOCCOCCN)nc1C1CCN(C)CC1. The Labute approximate surface area is 205 Å². The minimum atomic E-state index is -0.298. The van der Waals surface area contributed by atoms with E-state index in [-0.39, 0.29) is 24.8 Å². The molecule has 9 nitrogen and oxygen atoms in total. The Hall–Kier alpha value is -2.37. The predicted molar refractivity (Wildman–Crippen MR) is 135 cm³/mol. The number of hydrogen-bond donors (Lipinski definition) is 3. The van der Waals surface area contributed by atoms with Gasteiger partial charge >= 0.3 is 0 Å². The van der Waals surface area contributed by atoms with Gasteiger partial charge in [0.15, 0.2) is 5.13 Å². The lowest BCUT2D eigenvalue weighted by atomic mass is 9.93. The number of aromatic nitrogens is 1. The third kappa shape index (κ3) is 7.85. The number of carbonyl (C=O) groups is 2. The molecule has 3 rings (SSSR count). The number of rotatable bonds is 12. The zero-order chi connectivity index (χ0) is 24.3. The number of hydrogen-bond acceptors (Lipinski definition) is 8. The van der Waals surface area contributed by atoms with Crippen LogP contribution in [0.4, 0.5) is 10.8 Å². The lowest BCUT2D eigenvalue weighted by Gasteiger charge is -2.28. The number of amides is 2. The van der Waals surface area contributed by atoms with E-state index in [2.05, 4.69) is 29.5 Å². The summed E-state index contributed by atoms with van der Waals surface area (Å²) in [7, 11) is 2.14. The first-order valence-electron chi connectivity index (χ1n) is 11.7. The Balaban J connectivity index is 1.53. The number of thiazole rings is 1. The van der Waals surface area contributed by atoms with Crippen LogP contribution in [0.1, 0.15) is 46.1 Å². The molecular formula is C24H35N5O4S. The van der Waals surface area contributed by atoms with E-state index in [0.717, 1.165) is 36.5 Å². The second-order valence-electron chi connectivity index (χ2n) is 8.35. The monoisotopic (exact) mass is 489 g/mol. The largest absolute Gasteiger partial charge is 0.379 e. The Bertz CT molecular complexity index is 943. The molecular weight excluding hydrogens is 454 g/mol. The van der Waals surface area contributed by atoms with Crippen LogP contribution < -0.4 is 16.4 Å². The van der Waals surface area contributed by atoms with Crippen LogP contribution in [0.5, 0.6) is 0 Å². The first-order valence-corrected chi connectivity index (χ1v) is 12.5. The van der Waals surface area contributed by atoms with Crippen LogP contribution in [-0.4, -0.2) is 74.8 Å². The normalized spacial score (nSPS) is 14.8. The molecule has 1 aromatic heterocycles. The number of nitrogens with zero attached hydrogens (tertiary/aromatic N) is 2. The van der Waals surface area contributed by atoms with Gasteiger partial charge in [-0.1, -0.05) is 12.1 Å². The number of piperidine rings is 1. The second kappa shape index (κ2) is 13.5. The van der Waals surface area contributed by atoms with Gasteiger partial charge in [-0.25, -0.2) is 4.98 Å². The van der Waals surface area contributed by atoms with Gasteiger partial charge in [0.25, 0.3) is 5.91 Å². The zero-order valence-corrected chi connectivity index (χ0v) is 20.8. The molecule has 2 heterocycles. The highest BCUT2D eigenvalue weighted by atomic mass is 32.1. The molecule has 34 heavy (non-hydrogen) atoms. The summed E-state index contributed by atoms with van der Waals surface area (Å²) in [4.78, 5) is 33.5. The number of para-hydroxylation sites is 1. The minimum Gasteiger partial charge on any atom is -0.379 e. The van der Waals surface area contributed by atoms with Gasteiger partial charge in [-0.05, 0) is 52.0 Å². The molecule has 1 aromatic carbocycles. The Morgan fingerprint density at radius 3 is 2.56 bits per heavy atom. The Morgan fingerprint density at radius 1 is 1.12 bits per heavy atom. The smallest absolute Gasteiger partial charge is 0.259 e. The van der Waals surface area contributed by atoms with E-state index in [1.807, 2.05) is 0 Å². The van der Waals surface area contributed by atoms with Crippen molar-refractivity contribution in [3.05, 3.63) is 40.4 Å². The van der Waals surface area contributed by atoms with Gasteiger partial charge in [0.1, 0.15) is 0 Å². The number of ether oxygens (including phenoxy) is 2. The molecule has 10 heteroatoms. The second-order valence-corrected chi connectivity index (χ2v) is 9.55. The van der Waals surface area contributed by atoms with Crippen LogP contribution in [0.15, 0.2) is 24.3 Å². The fourth-order valence-corrected chi connectivity index (χ4v) is 4.75. The molecule has 0 atom stereocenters. The molecule has 1 fully saturated rings. The lowest BCUT2D eigenvalue weighted by Crippen LogP contribution is -2.29. The fraction of sp³-hybridized carbons (Fsp3) is 0.542. The van der Waals surface area contributed by atoms with Crippen molar-refractivity contribution in [2.45, 2.75) is 32.1 Å². The molecule has 1 aliphatic heterocycles. The third-order valence-corrected chi connectivity index (χ3v) is 6.61. The predicted octanol–water partition coefficient (Wildman–Crippen LogP) is 2.83. The van der Waals surface area contributed by atoms with Crippen molar-refractivity contribution >= 4 is 34.0 Å². The van der Waals surface area contributed by atoms with Crippen molar-refractivity contribution in [3.63, 3.8) is 0 Å². The first kappa shape index (κ1) is 26.2. The van der Waals surface area contributed by atoms with Crippen LogP contribution in [0, 0.1) is 6.92 Å². The summed E-state index contributed by atoms with van der Waals surface area (Å²) >= 11 is 1.49. The van der Waals surface area contributed by atoms with Gasteiger partial charge in [0.2, 0.25) is 5.91 Å². The van der Waals surface area contributed by atoms with E-state index < -0.39 is 0 Å². The highest BCUT2D eigenvalue weighted by Crippen LogP contribution is 2.34. The van der Waals surface area contributed by atoms with Crippen LogP contribution in [-0.2, 0) is 14.3 Å². The molecule has 1 saturated heterocycles. The average molecular weight is 490 g/mol. The van der Waals surface area contributed by atoms with E-state index >= 15 is 0 Å². The van der Waals surface area contributed by atoms with Crippen molar-refractivity contribution < 1.29 is 19.1 Å². The van der Waals surface area contributed by atoms with Gasteiger partial charge in [0.05, 0.1) is 49.8 Å². The molecule has 0 spiro atoms. The van der Waals surface area contributed by atoms with E-state index in [0.29, 0.717) is 48.7 Å². The average Bonchev–Trinajstić information content (AvgIpc) is 3.19. The number of nitrogens with two attached hydrogens (primary N) is 1. The van der Waals surface area contributed by atoms with Crippen molar-refractivity contribution in [2.75, 3.05) is 63.7 Å². The molecule has 2 amide bonds. The van der Waals surface area contributed by atoms with Gasteiger partial charge in [-0.3, -0.25) is 14.9 Å². The summed E-state index contributed by atoms with van der Waals surface area (Å²) < 4.78 is 10.6. The zero-order valence-electron chi connectivity index (χ0n) is 20.0. The molecule has 4 N–H and O–H groups in total. The molecule has 186 valence electrons. The van der Waals surface area contributed by atoms with Crippen molar-refractivity contribution in [2.24, 2.45) is 5.73 Å². The van der Waals surface area contributed by atoms with Gasteiger partial charge in [0, 0.05) is 17.3 Å². The van der Waals surface area contributed by atoms with Crippen LogP contribution in [0.25, 0.3) is 0 Å². The molecule has 0 saturated carbocycles. The molecule has 0 aliphatic carbocycles. The molecule has 1 aliphatic rings. The first-order chi connectivity index (χ1) is 16.5. The van der Waals surface area contributed by atoms with Gasteiger partial charge in [-0.15, -0.1) is 11.3 Å². The highest BCUT2D eigenvalue weighted by Gasteiger charge is 2.24. The Morgan fingerprint density at radius 2 is 1.82 bits per heavy atom. The van der Waals surface area contributed by atoms with Crippen molar-refractivity contribution in [3.8, 4) is 0 Å². The number of benzene rings is 1. The van der Waals surface area contributed by atoms with E-state index in [1.165, 1.54) is 11.3 Å². The maximum Gasteiger partial charge on any atom is 0.259 e. The molecule has 2 aromatic rings. The van der Waals surface area contributed by atoms with E-state index in [9.17, 15) is 9.59 Å². The van der Waals surface area contributed by atoms with Crippen molar-refractivity contribution in [1.82, 2.24) is 9.88 Å². The fourth-order valence-electron chi connectivity index (χ4n) is 3.86. The maximum atomic E-state index is 13.0. The van der Waals surface area contributed by atoms with E-state index in [4.69, 9.17) is 20.2 Å². The van der Waals surface area contributed by atoms with E-state index in [1.54, 1.807) is 24.3 Å². The topological polar surface area (TPSA) is 119 Å². The van der Waals surface area contributed by atoms with Crippen LogP contribution >= 0.6 is 11.3 Å². The summed E-state index contributed by atoms with van der Waals surface area (Å²) in [5.41, 5.74) is 7.28. The number of aryl methyl sites for hydroxylation is 1. The molecule has 0 unspecified atom stereocenters. The number of carbonyl (C=O) groups excluding carboxylic acids is 2. The summed E-state index contributed by atoms with van der Waals surface area (Å²) in [6.07, 6.45) is 2.33. The summed E-state index contributed by atoms with van der Waals surface area (Å²) in [6, 6.07) is 6.95. The van der Waals surface area contributed by atoms with Gasteiger partial charge in [-0.2, -0.15) is 0 Å². The summed E-state index contributed by atoms with van der Waals surface area (Å²) in [5.74, 6) is -0.0928. The number of likely N-dealkylation sites (tertiary alicyclic amines) is 1. The molecule has 0 radical (unpaired) electrons. The van der Waals surface area contributed by atoms with Crippen molar-refractivity contribution in [1.29, 1.82) is 0 Å². The standard InChI is InChI=1S/C24H35N5O4S/c1-17-22(18-7-11-29(2)12-8-18)27-24(34-17)28-23(31)19-5-3-4-6-20(19)26-21(30)9-13-32-15-16-33-14-10-25/h3-6,18H,7-16,25H2,1-2H3,(H,26,30)(H,27,28,31). The lowest BCUT2D eigenvalue weighted by molar-refractivity contribution is -0.117. The van der Waals surface area contributed by atoms with Gasteiger partial charge < -0.3 is 25.4 Å². The number of anilines is 2. The summed E-state index contributed by atoms with van der Waals surface area (Å²) in [5, 5.41) is 6.31.